The predicted octanol–water partition coefficient (Wildman–Crippen LogP) is 1.45. The van der Waals surface area contributed by atoms with E-state index in [0.29, 0.717) is 24.9 Å². The molecule has 0 spiro atoms. The molecule has 0 saturated carbocycles. The Bertz CT molecular complexity index is 472. The summed E-state index contributed by atoms with van der Waals surface area (Å²) in [5, 5.41) is 6.34. The molecule has 1 aromatic rings. The molecule has 3 amide bonds. The molecule has 1 heterocycles. The highest BCUT2D eigenvalue weighted by molar-refractivity contribution is 7.08. The summed E-state index contributed by atoms with van der Waals surface area (Å²) in [7, 11) is 0. The Labute approximate surface area is 128 Å². The number of hydrogen-bond acceptors (Lipinski definition) is 4. The maximum atomic E-state index is 11.6. The normalized spacial score (nSPS) is 10.2. The maximum absolute atomic E-state index is 11.6. The van der Waals surface area contributed by atoms with Gasteiger partial charge in [-0.3, -0.25) is 25.2 Å². The molecule has 6 nitrogen and oxygen atoms in total. The second-order valence-corrected chi connectivity index (χ2v) is 5.85. The number of thiophene rings is 1. The van der Waals surface area contributed by atoms with E-state index in [0.717, 1.165) is 0 Å². The predicted molar refractivity (Wildman–Crippen MR) is 81.6 cm³/mol. The molecule has 0 aromatic carbocycles. The third-order valence-electron chi connectivity index (χ3n) is 2.58. The van der Waals surface area contributed by atoms with Crippen LogP contribution in [0.5, 0.6) is 0 Å². The van der Waals surface area contributed by atoms with Gasteiger partial charge in [0.2, 0.25) is 11.8 Å². The molecule has 21 heavy (non-hydrogen) atoms. The number of carbonyl (C=O) groups is 3. The number of hydrazine groups is 1. The zero-order valence-electron chi connectivity index (χ0n) is 12.3. The quantitative estimate of drug-likeness (QED) is 0.526. The van der Waals surface area contributed by atoms with E-state index in [1.54, 1.807) is 11.4 Å². The Hall–Kier alpha value is -1.89. The first-order chi connectivity index (χ1) is 9.99. The Balaban J connectivity index is 2.08. The van der Waals surface area contributed by atoms with Crippen molar-refractivity contribution in [2.45, 2.75) is 33.1 Å². The van der Waals surface area contributed by atoms with E-state index in [-0.39, 0.29) is 30.1 Å². The van der Waals surface area contributed by atoms with Crippen molar-refractivity contribution in [2.24, 2.45) is 5.92 Å². The van der Waals surface area contributed by atoms with Crippen LogP contribution >= 0.6 is 11.3 Å². The Morgan fingerprint density at radius 1 is 1.19 bits per heavy atom. The summed E-state index contributed by atoms with van der Waals surface area (Å²) in [5.74, 6) is -0.364. The zero-order chi connectivity index (χ0) is 15.7. The van der Waals surface area contributed by atoms with Gasteiger partial charge in [-0.2, -0.15) is 11.3 Å². The fourth-order valence-electron chi connectivity index (χ4n) is 1.57. The summed E-state index contributed by atoms with van der Waals surface area (Å²) in [5.41, 5.74) is 5.35. The average molecular weight is 311 g/mol. The van der Waals surface area contributed by atoms with E-state index in [2.05, 4.69) is 16.2 Å². The van der Waals surface area contributed by atoms with Crippen molar-refractivity contribution in [3.63, 3.8) is 0 Å². The van der Waals surface area contributed by atoms with E-state index in [9.17, 15) is 14.4 Å². The summed E-state index contributed by atoms with van der Waals surface area (Å²) in [6, 6.07) is 1.75. The fourth-order valence-corrected chi connectivity index (χ4v) is 2.21. The van der Waals surface area contributed by atoms with Crippen molar-refractivity contribution in [3.05, 3.63) is 22.4 Å². The van der Waals surface area contributed by atoms with E-state index < -0.39 is 0 Å². The molecule has 0 aliphatic rings. The van der Waals surface area contributed by atoms with Crippen molar-refractivity contribution in [1.82, 2.24) is 16.2 Å². The second-order valence-electron chi connectivity index (χ2n) is 5.07. The van der Waals surface area contributed by atoms with Crippen LogP contribution in [0.15, 0.2) is 16.8 Å². The van der Waals surface area contributed by atoms with Gasteiger partial charge in [0.1, 0.15) is 0 Å². The van der Waals surface area contributed by atoms with Crippen LogP contribution in [0, 0.1) is 5.92 Å². The minimum Gasteiger partial charge on any atom is -0.352 e. The fraction of sp³-hybridized carbons (Fsp3) is 0.500. The third-order valence-corrected chi connectivity index (χ3v) is 3.27. The summed E-state index contributed by atoms with van der Waals surface area (Å²) in [6.07, 6.45) is 1.13. The van der Waals surface area contributed by atoms with Gasteiger partial charge in [-0.25, -0.2) is 0 Å². The van der Waals surface area contributed by atoms with Crippen LogP contribution in [0.25, 0.3) is 0 Å². The number of hydrogen-bond donors (Lipinski definition) is 3. The molecule has 7 heteroatoms. The van der Waals surface area contributed by atoms with Gasteiger partial charge in [0.15, 0.2) is 0 Å². The van der Waals surface area contributed by atoms with Crippen molar-refractivity contribution < 1.29 is 14.4 Å². The lowest BCUT2D eigenvalue weighted by molar-refractivity contribution is -0.129. The highest BCUT2D eigenvalue weighted by atomic mass is 32.1. The SMILES string of the molecule is CC(C)CC(=O)NNC(=O)CCCNC(=O)c1ccsc1. The Kier molecular flexibility index (Phi) is 7.45. The molecule has 0 saturated heterocycles. The lowest BCUT2D eigenvalue weighted by atomic mass is 10.1. The minimum absolute atomic E-state index is 0.137. The largest absolute Gasteiger partial charge is 0.352 e. The molecule has 0 bridgehead atoms. The van der Waals surface area contributed by atoms with Crippen LogP contribution in [-0.4, -0.2) is 24.3 Å². The van der Waals surface area contributed by atoms with E-state index in [4.69, 9.17) is 0 Å². The lowest BCUT2D eigenvalue weighted by Crippen LogP contribution is -2.42. The van der Waals surface area contributed by atoms with Gasteiger partial charge >= 0.3 is 0 Å². The highest BCUT2D eigenvalue weighted by Gasteiger charge is 2.07. The Morgan fingerprint density at radius 3 is 2.52 bits per heavy atom. The molecule has 0 unspecified atom stereocenters. The molecular formula is C14H21N3O3S. The Morgan fingerprint density at radius 2 is 1.90 bits per heavy atom. The van der Waals surface area contributed by atoms with E-state index >= 15 is 0 Å². The average Bonchev–Trinajstić information content (AvgIpc) is 2.94. The van der Waals surface area contributed by atoms with Gasteiger partial charge in [-0.05, 0) is 23.8 Å². The van der Waals surface area contributed by atoms with Crippen LogP contribution in [0.3, 0.4) is 0 Å². The minimum atomic E-state index is -0.267. The van der Waals surface area contributed by atoms with Crippen LogP contribution in [-0.2, 0) is 9.59 Å². The molecule has 0 atom stereocenters. The molecule has 0 aliphatic heterocycles. The van der Waals surface area contributed by atoms with Gasteiger partial charge < -0.3 is 5.32 Å². The zero-order valence-corrected chi connectivity index (χ0v) is 13.1. The smallest absolute Gasteiger partial charge is 0.252 e. The molecule has 1 aromatic heterocycles. The topological polar surface area (TPSA) is 87.3 Å². The standard InChI is InChI=1S/C14H21N3O3S/c1-10(2)8-13(19)17-16-12(18)4-3-6-15-14(20)11-5-7-21-9-11/h5,7,9-10H,3-4,6,8H2,1-2H3,(H,15,20)(H,16,18)(H,17,19). The molecule has 0 aliphatic carbocycles. The number of nitrogens with one attached hydrogen (secondary N) is 3. The van der Waals surface area contributed by atoms with Crippen LogP contribution < -0.4 is 16.2 Å². The monoisotopic (exact) mass is 311 g/mol. The van der Waals surface area contributed by atoms with Crippen molar-refractivity contribution in [2.75, 3.05) is 6.54 Å². The second kappa shape index (κ2) is 9.12. The molecule has 1 rings (SSSR count). The first kappa shape index (κ1) is 17.2. The number of carbonyl (C=O) groups excluding carboxylic acids is 3. The number of rotatable bonds is 7. The van der Waals surface area contributed by atoms with Gasteiger partial charge in [0.25, 0.3) is 5.91 Å². The molecule has 0 radical (unpaired) electrons. The van der Waals surface area contributed by atoms with Crippen molar-refractivity contribution in [3.8, 4) is 0 Å². The highest BCUT2D eigenvalue weighted by Crippen LogP contribution is 2.05. The van der Waals surface area contributed by atoms with E-state index in [1.807, 2.05) is 19.2 Å². The lowest BCUT2D eigenvalue weighted by Gasteiger charge is -2.09. The number of amides is 3. The molecule has 0 fully saturated rings. The van der Waals surface area contributed by atoms with Crippen LogP contribution in [0.4, 0.5) is 0 Å². The van der Waals surface area contributed by atoms with Gasteiger partial charge in [0.05, 0.1) is 0 Å². The summed E-state index contributed by atoms with van der Waals surface area (Å²) < 4.78 is 0. The summed E-state index contributed by atoms with van der Waals surface area (Å²) in [4.78, 5) is 34.4. The van der Waals surface area contributed by atoms with Crippen molar-refractivity contribution >= 4 is 29.1 Å². The molecule has 116 valence electrons. The summed E-state index contributed by atoms with van der Waals surface area (Å²) >= 11 is 1.46. The first-order valence-electron chi connectivity index (χ1n) is 6.87. The van der Waals surface area contributed by atoms with Gasteiger partial charge in [0, 0.05) is 30.3 Å². The van der Waals surface area contributed by atoms with Crippen molar-refractivity contribution in [1.29, 1.82) is 0 Å². The molecule has 3 N–H and O–H groups in total. The third kappa shape index (κ3) is 7.45. The summed E-state index contributed by atoms with van der Waals surface area (Å²) in [6.45, 7) is 4.27. The maximum Gasteiger partial charge on any atom is 0.252 e. The molecular weight excluding hydrogens is 290 g/mol. The van der Waals surface area contributed by atoms with Gasteiger partial charge in [-0.1, -0.05) is 13.8 Å². The van der Waals surface area contributed by atoms with Crippen LogP contribution in [0.2, 0.25) is 0 Å². The van der Waals surface area contributed by atoms with Crippen LogP contribution in [0.1, 0.15) is 43.5 Å². The van der Waals surface area contributed by atoms with Gasteiger partial charge in [-0.15, -0.1) is 0 Å². The first-order valence-corrected chi connectivity index (χ1v) is 7.81. The van der Waals surface area contributed by atoms with E-state index in [1.165, 1.54) is 11.3 Å².